The van der Waals surface area contributed by atoms with Crippen LogP contribution in [0, 0.1) is 5.82 Å². The van der Waals surface area contributed by atoms with E-state index in [-0.39, 0.29) is 26.2 Å². The average molecular weight is 542 g/mol. The minimum Gasteiger partial charge on any atom is -0.383 e. The Morgan fingerprint density at radius 3 is 2.05 bits per heavy atom. The van der Waals surface area contributed by atoms with Gasteiger partial charge in [-0.1, -0.05) is 72.8 Å². The molecule has 3 aromatic rings. The van der Waals surface area contributed by atoms with Crippen LogP contribution in [0.2, 0.25) is 0 Å². The van der Waals surface area contributed by atoms with Gasteiger partial charge in [0.15, 0.2) is 0 Å². The highest BCUT2D eigenvalue weighted by atomic mass is 32.2. The number of nitrogens with one attached hydrogen (secondary N) is 1. The second kappa shape index (κ2) is 13.8. The van der Waals surface area contributed by atoms with Gasteiger partial charge in [-0.3, -0.25) is 9.59 Å². The van der Waals surface area contributed by atoms with Gasteiger partial charge >= 0.3 is 0 Å². The molecular formula is C28H32FN3O5S. The van der Waals surface area contributed by atoms with Crippen LogP contribution in [0.25, 0.3) is 0 Å². The number of carbonyl (C=O) groups excluding carboxylic acids is 2. The van der Waals surface area contributed by atoms with Crippen LogP contribution in [-0.4, -0.2) is 62.5 Å². The van der Waals surface area contributed by atoms with Crippen LogP contribution in [0.1, 0.15) is 22.7 Å². The van der Waals surface area contributed by atoms with E-state index >= 15 is 0 Å². The fourth-order valence-corrected chi connectivity index (χ4v) is 4.64. The third kappa shape index (κ3) is 8.47. The van der Waals surface area contributed by atoms with Crippen molar-refractivity contribution in [3.63, 3.8) is 0 Å². The number of carbonyl (C=O) groups is 2. The molecule has 0 unspecified atom stereocenters. The average Bonchev–Trinajstić information content (AvgIpc) is 2.90. The summed E-state index contributed by atoms with van der Waals surface area (Å²) in [4.78, 5) is 28.6. The molecular weight excluding hydrogens is 509 g/mol. The molecule has 202 valence electrons. The van der Waals surface area contributed by atoms with E-state index in [1.165, 1.54) is 36.3 Å². The molecule has 38 heavy (non-hydrogen) atoms. The van der Waals surface area contributed by atoms with Gasteiger partial charge in [-0.05, 0) is 28.8 Å². The van der Waals surface area contributed by atoms with Gasteiger partial charge in [0.05, 0.1) is 19.4 Å². The van der Waals surface area contributed by atoms with Crippen molar-refractivity contribution >= 4 is 21.8 Å². The number of methoxy groups -OCH3 is 1. The summed E-state index contributed by atoms with van der Waals surface area (Å²) in [5, 5.41) is 2.79. The van der Waals surface area contributed by atoms with E-state index < -0.39 is 40.2 Å². The van der Waals surface area contributed by atoms with Crippen LogP contribution in [0.4, 0.5) is 4.39 Å². The number of halogens is 1. The molecule has 10 heteroatoms. The fourth-order valence-electron chi connectivity index (χ4n) is 3.91. The van der Waals surface area contributed by atoms with Crippen LogP contribution >= 0.6 is 0 Å². The van der Waals surface area contributed by atoms with Crippen molar-refractivity contribution in [3.05, 3.63) is 107 Å². The Morgan fingerprint density at radius 2 is 1.47 bits per heavy atom. The Kier molecular flexibility index (Phi) is 10.5. The quantitative estimate of drug-likeness (QED) is 0.336. The fraction of sp³-hybridized carbons (Fsp3) is 0.286. The minimum absolute atomic E-state index is 0.00809. The topological polar surface area (TPSA) is 96.0 Å². The molecule has 0 radical (unpaired) electrons. The molecule has 0 aliphatic carbocycles. The van der Waals surface area contributed by atoms with E-state index in [0.717, 1.165) is 10.6 Å². The second-order valence-corrected chi connectivity index (χ2v) is 10.7. The van der Waals surface area contributed by atoms with Gasteiger partial charge in [-0.15, -0.1) is 0 Å². The highest BCUT2D eigenvalue weighted by Gasteiger charge is 2.33. The highest BCUT2D eigenvalue weighted by molar-refractivity contribution is 7.88. The zero-order valence-electron chi connectivity index (χ0n) is 21.4. The largest absolute Gasteiger partial charge is 0.383 e. The molecule has 0 aliphatic rings. The summed E-state index contributed by atoms with van der Waals surface area (Å²) in [6.45, 7) is -0.0342. The van der Waals surface area contributed by atoms with Crippen LogP contribution < -0.4 is 5.32 Å². The molecule has 3 rings (SSSR count). The number of benzene rings is 3. The van der Waals surface area contributed by atoms with Crippen molar-refractivity contribution in [2.45, 2.75) is 19.1 Å². The third-order valence-electron chi connectivity index (χ3n) is 5.85. The lowest BCUT2D eigenvalue weighted by Crippen LogP contribution is -2.48. The van der Waals surface area contributed by atoms with E-state index in [2.05, 4.69) is 5.32 Å². The number of hydrogen-bond acceptors (Lipinski definition) is 5. The van der Waals surface area contributed by atoms with Crippen molar-refractivity contribution in [1.82, 2.24) is 14.5 Å². The van der Waals surface area contributed by atoms with E-state index in [1.807, 2.05) is 6.07 Å². The SMILES string of the molecule is COCCNC(=O)[C@@H](c1ccccc1)N(Cc1ccc(F)cc1)C(=O)CN(Cc1ccccc1)S(C)(=O)=O. The van der Waals surface area contributed by atoms with Crippen molar-refractivity contribution < 1.29 is 27.1 Å². The first-order chi connectivity index (χ1) is 18.2. The van der Waals surface area contributed by atoms with Gasteiger partial charge < -0.3 is 15.0 Å². The molecule has 0 aliphatic heterocycles. The van der Waals surface area contributed by atoms with Crippen LogP contribution in [0.5, 0.6) is 0 Å². The van der Waals surface area contributed by atoms with Gasteiger partial charge in [0.1, 0.15) is 11.9 Å². The summed E-state index contributed by atoms with van der Waals surface area (Å²) in [5.74, 6) is -1.46. The molecule has 0 fully saturated rings. The Morgan fingerprint density at radius 1 is 0.895 bits per heavy atom. The summed E-state index contributed by atoms with van der Waals surface area (Å²) in [6, 6.07) is 22.2. The van der Waals surface area contributed by atoms with Crippen LogP contribution in [-0.2, 0) is 37.4 Å². The van der Waals surface area contributed by atoms with E-state index in [0.29, 0.717) is 16.7 Å². The molecule has 0 heterocycles. The normalized spacial score (nSPS) is 12.2. The molecule has 0 aromatic heterocycles. The Bertz CT molecular complexity index is 1290. The molecule has 8 nitrogen and oxygen atoms in total. The van der Waals surface area contributed by atoms with Crippen molar-refractivity contribution in [1.29, 1.82) is 0 Å². The van der Waals surface area contributed by atoms with Crippen molar-refractivity contribution in [2.75, 3.05) is 33.1 Å². The number of sulfonamides is 1. The number of hydrogen-bond donors (Lipinski definition) is 1. The zero-order valence-corrected chi connectivity index (χ0v) is 22.2. The maximum absolute atomic E-state index is 13.9. The Labute approximate surface area is 223 Å². The predicted molar refractivity (Wildman–Crippen MR) is 143 cm³/mol. The van der Waals surface area contributed by atoms with Crippen molar-refractivity contribution in [3.8, 4) is 0 Å². The monoisotopic (exact) mass is 541 g/mol. The van der Waals surface area contributed by atoms with Gasteiger partial charge in [0.25, 0.3) is 0 Å². The molecule has 3 aromatic carbocycles. The smallest absolute Gasteiger partial charge is 0.247 e. The summed E-state index contributed by atoms with van der Waals surface area (Å²) >= 11 is 0. The summed E-state index contributed by atoms with van der Waals surface area (Å²) in [7, 11) is -2.27. The Balaban J connectivity index is 1.99. The minimum atomic E-state index is -3.78. The van der Waals surface area contributed by atoms with Crippen LogP contribution in [0.3, 0.4) is 0 Å². The number of amides is 2. The molecule has 2 amide bonds. The van der Waals surface area contributed by atoms with Gasteiger partial charge in [-0.25, -0.2) is 12.8 Å². The Hall–Kier alpha value is -3.60. The summed E-state index contributed by atoms with van der Waals surface area (Å²) < 4.78 is 45.0. The lowest BCUT2D eigenvalue weighted by Gasteiger charge is -2.33. The maximum atomic E-state index is 13.9. The summed E-state index contributed by atoms with van der Waals surface area (Å²) in [6.07, 6.45) is 1.04. The second-order valence-electron chi connectivity index (χ2n) is 8.76. The first kappa shape index (κ1) is 29.0. The van der Waals surface area contributed by atoms with Gasteiger partial charge in [0.2, 0.25) is 21.8 Å². The standard InChI is InChI=1S/C28H32FN3O5S/c1-37-18-17-30-28(34)27(24-11-7-4-8-12-24)32(20-23-13-15-25(29)16-14-23)26(33)21-31(38(2,35)36)19-22-9-5-3-6-10-22/h3-16,27H,17-21H2,1-2H3,(H,30,34)/t27-/m1/s1. The first-order valence-corrected chi connectivity index (χ1v) is 13.9. The van der Waals surface area contributed by atoms with Gasteiger partial charge in [0, 0.05) is 26.7 Å². The van der Waals surface area contributed by atoms with E-state index in [9.17, 15) is 22.4 Å². The maximum Gasteiger partial charge on any atom is 0.247 e. The number of ether oxygens (including phenoxy) is 1. The predicted octanol–water partition coefficient (Wildman–Crippen LogP) is 3.12. The van der Waals surface area contributed by atoms with E-state index in [4.69, 9.17) is 4.74 Å². The summed E-state index contributed by atoms with van der Waals surface area (Å²) in [5.41, 5.74) is 1.85. The van der Waals surface area contributed by atoms with Gasteiger partial charge in [-0.2, -0.15) is 4.31 Å². The molecule has 0 spiro atoms. The molecule has 0 saturated heterocycles. The molecule has 1 N–H and O–H groups in total. The van der Waals surface area contributed by atoms with Crippen molar-refractivity contribution in [2.24, 2.45) is 0 Å². The molecule has 1 atom stereocenters. The lowest BCUT2D eigenvalue weighted by atomic mass is 10.0. The highest BCUT2D eigenvalue weighted by Crippen LogP contribution is 2.25. The molecule has 0 bridgehead atoms. The zero-order chi connectivity index (χ0) is 27.5. The third-order valence-corrected chi connectivity index (χ3v) is 7.05. The number of nitrogens with zero attached hydrogens (tertiary/aromatic N) is 2. The number of rotatable bonds is 13. The molecule has 0 saturated carbocycles. The lowest BCUT2D eigenvalue weighted by molar-refractivity contribution is -0.141. The van der Waals surface area contributed by atoms with Crippen LogP contribution in [0.15, 0.2) is 84.9 Å². The first-order valence-electron chi connectivity index (χ1n) is 12.0. The van der Waals surface area contributed by atoms with E-state index in [1.54, 1.807) is 54.6 Å².